The normalized spacial score (nSPS) is 15.4. The van der Waals surface area contributed by atoms with Gasteiger partial charge in [-0.2, -0.15) is 0 Å². The van der Waals surface area contributed by atoms with Crippen LogP contribution >= 0.6 is 35.6 Å². The number of halogens is 1. The molecule has 6 nitrogen and oxygen atoms in total. The summed E-state index contributed by atoms with van der Waals surface area (Å²) < 4.78 is 2.17. The molecular formula is C20H17ClN2O4S2. The molecule has 1 fully saturated rings. The average molecular weight is 449 g/mol. The maximum atomic E-state index is 12.7. The van der Waals surface area contributed by atoms with E-state index in [0.717, 1.165) is 0 Å². The number of aryl methyl sites for hydroxylation is 1. The zero-order valence-electron chi connectivity index (χ0n) is 15.4. The van der Waals surface area contributed by atoms with Crippen LogP contribution in [0.5, 0.6) is 0 Å². The van der Waals surface area contributed by atoms with Crippen molar-refractivity contribution < 1.29 is 19.5 Å². The van der Waals surface area contributed by atoms with Gasteiger partial charge in [0.1, 0.15) is 4.32 Å². The standard InChI is InChI=1S/C20H17ClN2O4S2/c1-22-11-13(18(26)12-4-6-14(21)7-5-12)9-15(22)10-16-19(27)23(20(28)29-16)8-2-3-17(24)25/h4-7,9-11H,2-3,8H2,1H3,(H,24,25). The molecule has 9 heteroatoms. The number of aliphatic carboxylic acids is 1. The van der Waals surface area contributed by atoms with Crippen molar-refractivity contribution in [1.82, 2.24) is 9.47 Å². The van der Waals surface area contributed by atoms with E-state index < -0.39 is 5.97 Å². The van der Waals surface area contributed by atoms with E-state index in [9.17, 15) is 14.4 Å². The summed E-state index contributed by atoms with van der Waals surface area (Å²) in [7, 11) is 1.79. The number of hydrogen-bond donors (Lipinski definition) is 1. The van der Waals surface area contributed by atoms with Gasteiger partial charge >= 0.3 is 5.97 Å². The van der Waals surface area contributed by atoms with Crippen molar-refractivity contribution in [1.29, 1.82) is 0 Å². The zero-order chi connectivity index (χ0) is 21.1. The van der Waals surface area contributed by atoms with Crippen molar-refractivity contribution in [2.24, 2.45) is 7.05 Å². The van der Waals surface area contributed by atoms with Crippen LogP contribution in [0, 0.1) is 0 Å². The number of rotatable bonds is 7. The van der Waals surface area contributed by atoms with Crippen molar-refractivity contribution in [3.8, 4) is 0 Å². The topological polar surface area (TPSA) is 79.6 Å². The van der Waals surface area contributed by atoms with Gasteiger partial charge in [-0.05, 0) is 42.8 Å². The fraction of sp³-hybridized carbons (Fsp3) is 0.200. The summed E-state index contributed by atoms with van der Waals surface area (Å²) in [5, 5.41) is 9.31. The fourth-order valence-electron chi connectivity index (χ4n) is 2.83. The van der Waals surface area contributed by atoms with Gasteiger partial charge in [-0.15, -0.1) is 0 Å². The monoisotopic (exact) mass is 448 g/mol. The summed E-state index contributed by atoms with van der Waals surface area (Å²) >= 11 is 12.3. The lowest BCUT2D eigenvalue weighted by molar-refractivity contribution is -0.137. The summed E-state index contributed by atoms with van der Waals surface area (Å²) in [6.07, 6.45) is 3.70. The zero-order valence-corrected chi connectivity index (χ0v) is 17.8. The molecule has 1 aliphatic heterocycles. The molecule has 150 valence electrons. The largest absolute Gasteiger partial charge is 0.481 e. The summed E-state index contributed by atoms with van der Waals surface area (Å²) in [6.45, 7) is 0.266. The highest BCUT2D eigenvalue weighted by atomic mass is 35.5. The molecule has 1 aliphatic rings. The molecule has 0 spiro atoms. The van der Waals surface area contributed by atoms with Gasteiger partial charge < -0.3 is 9.67 Å². The van der Waals surface area contributed by atoms with Gasteiger partial charge in [0.2, 0.25) is 0 Å². The second-order valence-electron chi connectivity index (χ2n) is 6.43. The lowest BCUT2D eigenvalue weighted by Gasteiger charge is -2.13. The Morgan fingerprint density at radius 3 is 2.59 bits per heavy atom. The van der Waals surface area contributed by atoms with Crippen molar-refractivity contribution in [2.45, 2.75) is 12.8 Å². The number of ketones is 1. The molecule has 1 N–H and O–H groups in total. The van der Waals surface area contributed by atoms with E-state index in [1.807, 2.05) is 0 Å². The predicted molar refractivity (Wildman–Crippen MR) is 117 cm³/mol. The Labute approximate surface area is 182 Å². The maximum absolute atomic E-state index is 12.7. The number of hydrogen-bond acceptors (Lipinski definition) is 5. The quantitative estimate of drug-likeness (QED) is 0.392. The van der Waals surface area contributed by atoms with Crippen molar-refractivity contribution in [3.63, 3.8) is 0 Å². The minimum absolute atomic E-state index is 0.0237. The Bertz CT molecular complexity index is 1030. The Morgan fingerprint density at radius 1 is 1.24 bits per heavy atom. The first kappa shape index (κ1) is 21.3. The van der Waals surface area contributed by atoms with Gasteiger partial charge in [0.15, 0.2) is 5.78 Å². The number of thiocarbonyl (C=S) groups is 1. The lowest BCUT2D eigenvalue weighted by Crippen LogP contribution is -2.29. The number of carbonyl (C=O) groups excluding carboxylic acids is 2. The Morgan fingerprint density at radius 2 is 1.93 bits per heavy atom. The number of aromatic nitrogens is 1. The fourth-order valence-corrected chi connectivity index (χ4v) is 4.25. The van der Waals surface area contributed by atoms with Crippen molar-refractivity contribution >= 4 is 63.6 Å². The molecular weight excluding hydrogens is 432 g/mol. The molecule has 2 aromatic rings. The van der Waals surface area contributed by atoms with E-state index in [1.165, 1.54) is 16.7 Å². The molecule has 0 bridgehead atoms. The van der Waals surface area contributed by atoms with Crippen LogP contribution in [0.3, 0.4) is 0 Å². The van der Waals surface area contributed by atoms with Crippen LogP contribution in [0.25, 0.3) is 6.08 Å². The molecule has 0 saturated carbocycles. The number of nitrogens with zero attached hydrogens (tertiary/aromatic N) is 2. The highest BCUT2D eigenvalue weighted by molar-refractivity contribution is 8.26. The number of thioether (sulfide) groups is 1. The number of benzene rings is 1. The first-order valence-corrected chi connectivity index (χ1v) is 10.3. The van der Waals surface area contributed by atoms with Crippen LogP contribution in [0.15, 0.2) is 41.4 Å². The van der Waals surface area contributed by atoms with Gasteiger partial charge in [-0.3, -0.25) is 19.3 Å². The number of carbonyl (C=O) groups is 3. The first-order valence-electron chi connectivity index (χ1n) is 8.70. The SMILES string of the molecule is Cn1cc(C(=O)c2ccc(Cl)cc2)cc1C=C1SC(=S)N(CCCC(=O)O)C1=O. The predicted octanol–water partition coefficient (Wildman–Crippen LogP) is 3.98. The molecule has 2 heterocycles. The summed E-state index contributed by atoms with van der Waals surface area (Å²) in [5.41, 5.74) is 1.71. The Balaban J connectivity index is 1.78. The van der Waals surface area contributed by atoms with Gasteiger partial charge in [0.05, 0.1) is 4.91 Å². The van der Waals surface area contributed by atoms with E-state index in [2.05, 4.69) is 0 Å². The van der Waals surface area contributed by atoms with E-state index in [-0.39, 0.29) is 24.7 Å². The molecule has 1 amide bonds. The third-order valence-corrected chi connectivity index (χ3v) is 5.97. The Hall–Kier alpha value is -2.42. The number of amides is 1. The van der Waals surface area contributed by atoms with Gasteiger partial charge in [0.25, 0.3) is 5.91 Å². The molecule has 1 aromatic heterocycles. The van der Waals surface area contributed by atoms with Crippen LogP contribution in [-0.4, -0.2) is 43.1 Å². The van der Waals surface area contributed by atoms with Crippen LogP contribution in [0.2, 0.25) is 5.02 Å². The average Bonchev–Trinajstić information content (AvgIpc) is 3.16. The highest BCUT2D eigenvalue weighted by Crippen LogP contribution is 2.33. The van der Waals surface area contributed by atoms with E-state index in [1.54, 1.807) is 54.2 Å². The molecule has 0 atom stereocenters. The maximum Gasteiger partial charge on any atom is 0.303 e. The third kappa shape index (κ3) is 4.95. The molecule has 1 aromatic carbocycles. The molecule has 0 unspecified atom stereocenters. The molecule has 0 radical (unpaired) electrons. The molecule has 3 rings (SSSR count). The minimum atomic E-state index is -0.910. The smallest absolute Gasteiger partial charge is 0.303 e. The second-order valence-corrected chi connectivity index (χ2v) is 8.54. The van der Waals surface area contributed by atoms with Crippen molar-refractivity contribution in [2.75, 3.05) is 6.54 Å². The second kappa shape index (κ2) is 8.94. The van der Waals surface area contributed by atoms with E-state index >= 15 is 0 Å². The molecule has 29 heavy (non-hydrogen) atoms. The number of carboxylic acid groups (broad SMARTS) is 1. The summed E-state index contributed by atoms with van der Waals surface area (Å²) in [5.74, 6) is -1.30. The van der Waals surface area contributed by atoms with Gasteiger partial charge in [0, 0.05) is 48.1 Å². The van der Waals surface area contributed by atoms with Gasteiger partial charge in [-0.25, -0.2) is 0 Å². The van der Waals surface area contributed by atoms with Crippen molar-refractivity contribution in [3.05, 3.63) is 63.3 Å². The van der Waals surface area contributed by atoms with Crippen LogP contribution in [-0.2, 0) is 16.6 Å². The Kier molecular flexibility index (Phi) is 6.56. The highest BCUT2D eigenvalue weighted by Gasteiger charge is 2.32. The molecule has 0 aliphatic carbocycles. The van der Waals surface area contributed by atoms with Crippen LogP contribution < -0.4 is 0 Å². The number of carboxylic acids is 1. The first-order chi connectivity index (χ1) is 13.8. The van der Waals surface area contributed by atoms with Crippen LogP contribution in [0.4, 0.5) is 0 Å². The van der Waals surface area contributed by atoms with E-state index in [0.29, 0.717) is 37.5 Å². The lowest BCUT2D eigenvalue weighted by atomic mass is 10.1. The minimum Gasteiger partial charge on any atom is -0.481 e. The molecule has 1 saturated heterocycles. The summed E-state index contributed by atoms with van der Waals surface area (Å²) in [4.78, 5) is 37.8. The van der Waals surface area contributed by atoms with Crippen LogP contribution in [0.1, 0.15) is 34.5 Å². The van der Waals surface area contributed by atoms with Gasteiger partial charge in [-0.1, -0.05) is 35.6 Å². The summed E-state index contributed by atoms with van der Waals surface area (Å²) in [6, 6.07) is 8.37. The van der Waals surface area contributed by atoms with E-state index in [4.69, 9.17) is 28.9 Å². The third-order valence-electron chi connectivity index (χ3n) is 4.34.